The van der Waals surface area contributed by atoms with E-state index in [2.05, 4.69) is 9.97 Å². The Kier molecular flexibility index (Phi) is 4.86. The van der Waals surface area contributed by atoms with Crippen LogP contribution in [0.3, 0.4) is 0 Å². The molecule has 1 aliphatic heterocycles. The van der Waals surface area contributed by atoms with Gasteiger partial charge in [-0.05, 0) is 37.0 Å². The third-order valence-electron chi connectivity index (χ3n) is 4.34. The predicted molar refractivity (Wildman–Crippen MR) is 88.9 cm³/mol. The van der Waals surface area contributed by atoms with E-state index in [1.54, 1.807) is 31.5 Å². The van der Waals surface area contributed by atoms with Crippen molar-refractivity contribution in [2.24, 2.45) is 5.92 Å². The molecule has 1 amide bonds. The number of amides is 1. The number of ether oxygens (including phenoxy) is 1. The molecule has 1 aromatic heterocycles. The van der Waals surface area contributed by atoms with E-state index in [-0.39, 0.29) is 5.91 Å². The van der Waals surface area contributed by atoms with Crippen LogP contribution in [-0.4, -0.2) is 41.0 Å². The lowest BCUT2D eigenvalue weighted by molar-refractivity contribution is 0.0689. The van der Waals surface area contributed by atoms with Crippen molar-refractivity contribution in [1.82, 2.24) is 14.9 Å². The van der Waals surface area contributed by atoms with Crippen molar-refractivity contribution in [3.63, 3.8) is 0 Å². The zero-order chi connectivity index (χ0) is 16.2. The molecule has 122 valence electrons. The van der Waals surface area contributed by atoms with Crippen LogP contribution in [0.5, 0.6) is 5.75 Å². The van der Waals surface area contributed by atoms with Crippen LogP contribution in [0.2, 0.25) is 5.02 Å². The van der Waals surface area contributed by atoms with Gasteiger partial charge in [-0.15, -0.1) is 0 Å². The Labute approximate surface area is 140 Å². The summed E-state index contributed by atoms with van der Waals surface area (Å²) < 4.78 is 5.19. The highest BCUT2D eigenvalue weighted by atomic mass is 35.5. The monoisotopic (exact) mass is 333 g/mol. The third kappa shape index (κ3) is 3.67. The first-order valence-corrected chi connectivity index (χ1v) is 8.16. The van der Waals surface area contributed by atoms with Gasteiger partial charge >= 0.3 is 0 Å². The normalized spacial score (nSPS) is 15.7. The summed E-state index contributed by atoms with van der Waals surface area (Å²) in [6.07, 6.45) is 6.57. The van der Waals surface area contributed by atoms with E-state index in [1.165, 1.54) is 0 Å². The minimum absolute atomic E-state index is 0.0383. The molecular formula is C17H20ClN3O2. The minimum Gasteiger partial charge on any atom is -0.495 e. The summed E-state index contributed by atoms with van der Waals surface area (Å²) in [5.41, 5.74) is 0.621. The summed E-state index contributed by atoms with van der Waals surface area (Å²) >= 11 is 6.01. The highest BCUT2D eigenvalue weighted by molar-refractivity contribution is 6.32. The molecule has 0 aliphatic carbocycles. The number of halogens is 1. The summed E-state index contributed by atoms with van der Waals surface area (Å²) in [6.45, 7) is 1.55. The fraction of sp³-hybridized carbons (Fsp3) is 0.412. The van der Waals surface area contributed by atoms with Gasteiger partial charge in [-0.1, -0.05) is 11.6 Å². The first-order chi connectivity index (χ1) is 11.2. The Morgan fingerprint density at radius 3 is 2.87 bits per heavy atom. The van der Waals surface area contributed by atoms with Gasteiger partial charge in [-0.3, -0.25) is 4.79 Å². The summed E-state index contributed by atoms with van der Waals surface area (Å²) in [5.74, 6) is 2.17. The number of aromatic amines is 1. The number of piperidine rings is 1. The lowest BCUT2D eigenvalue weighted by Gasteiger charge is -2.31. The number of likely N-dealkylation sites (tertiary alicyclic amines) is 1. The minimum atomic E-state index is 0.0383. The van der Waals surface area contributed by atoms with Gasteiger partial charge in [0.1, 0.15) is 11.6 Å². The number of benzene rings is 1. The molecule has 1 aliphatic rings. The molecule has 23 heavy (non-hydrogen) atoms. The second-order valence-electron chi connectivity index (χ2n) is 5.82. The fourth-order valence-corrected chi connectivity index (χ4v) is 3.19. The zero-order valence-corrected chi connectivity index (χ0v) is 13.8. The molecule has 1 fully saturated rings. The number of carbonyl (C=O) groups is 1. The van der Waals surface area contributed by atoms with Crippen molar-refractivity contribution in [3.05, 3.63) is 47.0 Å². The molecule has 1 N–H and O–H groups in total. The van der Waals surface area contributed by atoms with Gasteiger partial charge in [0.25, 0.3) is 5.91 Å². The molecule has 6 heteroatoms. The molecule has 2 aromatic rings. The number of carbonyl (C=O) groups excluding carboxylic acids is 1. The first kappa shape index (κ1) is 15.9. The van der Waals surface area contributed by atoms with Crippen LogP contribution in [0.1, 0.15) is 29.0 Å². The maximum atomic E-state index is 12.6. The van der Waals surface area contributed by atoms with Gasteiger partial charge < -0.3 is 14.6 Å². The number of H-pyrrole nitrogens is 1. The Bertz CT molecular complexity index is 664. The van der Waals surface area contributed by atoms with E-state index >= 15 is 0 Å². The van der Waals surface area contributed by atoms with Gasteiger partial charge in [0, 0.05) is 37.5 Å². The standard InChI is InChI=1S/C17H20ClN3O2/c1-23-15-11-13(2-3-14(15)18)17(22)21-8-4-12(5-9-21)10-16-19-6-7-20-16/h2-3,6-7,11-12H,4-5,8-10H2,1H3,(H,19,20). The molecule has 1 saturated heterocycles. The number of methoxy groups -OCH3 is 1. The molecule has 0 unspecified atom stereocenters. The Balaban J connectivity index is 1.59. The molecule has 3 rings (SSSR count). The van der Waals surface area contributed by atoms with Gasteiger partial charge in [0.05, 0.1) is 12.1 Å². The number of aromatic nitrogens is 2. The van der Waals surface area contributed by atoms with Gasteiger partial charge in [-0.2, -0.15) is 0 Å². The van der Waals surface area contributed by atoms with Crippen LogP contribution >= 0.6 is 11.6 Å². The second-order valence-corrected chi connectivity index (χ2v) is 6.23. The highest BCUT2D eigenvalue weighted by Gasteiger charge is 2.24. The predicted octanol–water partition coefficient (Wildman–Crippen LogP) is 3.17. The third-order valence-corrected chi connectivity index (χ3v) is 4.65. The molecule has 0 spiro atoms. The zero-order valence-electron chi connectivity index (χ0n) is 13.1. The molecule has 0 saturated carbocycles. The van der Waals surface area contributed by atoms with Crippen LogP contribution < -0.4 is 4.74 Å². The quantitative estimate of drug-likeness (QED) is 0.935. The van der Waals surface area contributed by atoms with Crippen LogP contribution in [0.15, 0.2) is 30.6 Å². The SMILES string of the molecule is COc1cc(C(=O)N2CCC(Cc3ncc[nH]3)CC2)ccc1Cl. The van der Waals surface area contributed by atoms with E-state index in [1.807, 2.05) is 11.1 Å². The lowest BCUT2D eigenvalue weighted by atomic mass is 9.93. The fourth-order valence-electron chi connectivity index (χ4n) is 3.00. The molecule has 1 aromatic carbocycles. The largest absolute Gasteiger partial charge is 0.495 e. The van der Waals surface area contributed by atoms with Crippen molar-refractivity contribution >= 4 is 17.5 Å². The summed E-state index contributed by atoms with van der Waals surface area (Å²) in [6, 6.07) is 5.17. The summed E-state index contributed by atoms with van der Waals surface area (Å²) in [4.78, 5) is 21.9. The maximum absolute atomic E-state index is 12.6. The van der Waals surface area contributed by atoms with E-state index in [0.29, 0.717) is 22.3 Å². The van der Waals surface area contributed by atoms with Crippen molar-refractivity contribution in [1.29, 1.82) is 0 Å². The average molecular weight is 334 g/mol. The van der Waals surface area contributed by atoms with Crippen LogP contribution in [0, 0.1) is 5.92 Å². The first-order valence-electron chi connectivity index (χ1n) is 7.78. The Morgan fingerprint density at radius 2 is 2.22 bits per heavy atom. The van der Waals surface area contributed by atoms with Crippen molar-refractivity contribution in [3.8, 4) is 5.75 Å². The highest BCUT2D eigenvalue weighted by Crippen LogP contribution is 2.27. The van der Waals surface area contributed by atoms with E-state index < -0.39 is 0 Å². The Morgan fingerprint density at radius 1 is 1.43 bits per heavy atom. The van der Waals surface area contributed by atoms with Crippen LogP contribution in [0.4, 0.5) is 0 Å². The number of imidazole rings is 1. The van der Waals surface area contributed by atoms with E-state index in [4.69, 9.17) is 16.3 Å². The van der Waals surface area contributed by atoms with Gasteiger partial charge in [0.2, 0.25) is 0 Å². The number of rotatable bonds is 4. The van der Waals surface area contributed by atoms with Crippen LogP contribution in [0.25, 0.3) is 0 Å². The second kappa shape index (κ2) is 7.04. The molecule has 0 atom stereocenters. The van der Waals surface area contributed by atoms with E-state index in [0.717, 1.165) is 38.2 Å². The number of nitrogens with zero attached hydrogens (tertiary/aromatic N) is 2. The molecule has 5 nitrogen and oxygen atoms in total. The van der Waals surface area contributed by atoms with Gasteiger partial charge in [-0.25, -0.2) is 4.98 Å². The smallest absolute Gasteiger partial charge is 0.253 e. The molecular weight excluding hydrogens is 314 g/mol. The Hall–Kier alpha value is -2.01. The lowest BCUT2D eigenvalue weighted by Crippen LogP contribution is -2.39. The summed E-state index contributed by atoms with van der Waals surface area (Å²) in [7, 11) is 1.55. The average Bonchev–Trinajstić information content (AvgIpc) is 3.08. The van der Waals surface area contributed by atoms with Crippen LogP contribution in [-0.2, 0) is 6.42 Å². The maximum Gasteiger partial charge on any atom is 0.253 e. The molecule has 0 radical (unpaired) electrons. The van der Waals surface area contributed by atoms with Crippen molar-refractivity contribution in [2.75, 3.05) is 20.2 Å². The summed E-state index contributed by atoms with van der Waals surface area (Å²) in [5, 5.41) is 0.515. The number of hydrogen-bond donors (Lipinski definition) is 1. The molecule has 2 heterocycles. The number of hydrogen-bond acceptors (Lipinski definition) is 3. The topological polar surface area (TPSA) is 58.2 Å². The number of nitrogens with one attached hydrogen (secondary N) is 1. The van der Waals surface area contributed by atoms with Crippen molar-refractivity contribution < 1.29 is 9.53 Å². The van der Waals surface area contributed by atoms with Crippen molar-refractivity contribution in [2.45, 2.75) is 19.3 Å². The molecule has 0 bridgehead atoms. The van der Waals surface area contributed by atoms with E-state index in [9.17, 15) is 4.79 Å². The van der Waals surface area contributed by atoms with Gasteiger partial charge in [0.15, 0.2) is 0 Å².